The van der Waals surface area contributed by atoms with Crippen LogP contribution in [0.2, 0.25) is 0 Å². The predicted octanol–water partition coefficient (Wildman–Crippen LogP) is -7.96. The highest BCUT2D eigenvalue weighted by molar-refractivity contribution is 5.99. The Labute approximate surface area is 461 Å². The Balaban J connectivity index is 1.73. The topological polar surface area (TPSA) is 535 Å². The van der Waals surface area contributed by atoms with Crippen molar-refractivity contribution in [3.05, 3.63) is 83.9 Å². The molecular weight excluding hydrogens is 1070 g/mol. The number of rotatable bonds is 34. The number of aromatic hydroxyl groups is 1. The number of amides is 10. The van der Waals surface area contributed by atoms with Gasteiger partial charge in [-0.15, -0.1) is 0 Å². The monoisotopic (exact) mass is 1140 g/mol. The van der Waals surface area contributed by atoms with Crippen molar-refractivity contribution in [2.75, 3.05) is 19.8 Å². The lowest BCUT2D eigenvalue weighted by Crippen LogP contribution is -2.63. The van der Waals surface area contributed by atoms with E-state index in [0.717, 1.165) is 13.8 Å². The normalized spacial score (nSPS) is 15.0. The van der Waals surface area contributed by atoms with E-state index in [1.807, 2.05) is 5.32 Å². The minimum atomic E-state index is -2.01. The molecule has 0 fully saturated rings. The Morgan fingerprint density at radius 1 is 0.568 bits per heavy atom. The van der Waals surface area contributed by atoms with E-state index in [4.69, 9.17) is 11.5 Å². The minimum Gasteiger partial charge on any atom is -0.508 e. The molecule has 2 aromatic carbocycles. The molecule has 1 aromatic heterocycles. The maximum Gasteiger partial charge on any atom is 0.326 e. The van der Waals surface area contributed by atoms with Gasteiger partial charge in [0.1, 0.15) is 54.1 Å². The van der Waals surface area contributed by atoms with E-state index >= 15 is 0 Å². The third-order valence-corrected chi connectivity index (χ3v) is 11.8. The molecule has 0 aliphatic carbocycles. The first-order chi connectivity index (χ1) is 38.2. The molecule has 0 aliphatic heterocycles. The summed E-state index contributed by atoms with van der Waals surface area (Å²) >= 11 is 0. The second kappa shape index (κ2) is 32.7. The maximum atomic E-state index is 14.0. The number of phenols is 1. The van der Waals surface area contributed by atoms with E-state index in [0.29, 0.717) is 16.8 Å². The van der Waals surface area contributed by atoms with Gasteiger partial charge in [-0.1, -0.05) is 42.5 Å². The number of carboxylic acids is 2. The summed E-state index contributed by atoms with van der Waals surface area (Å²) in [6.07, 6.45) is -3.47. The number of nitrogens with one attached hydrogen (secondary N) is 10. The number of aliphatic carboxylic acids is 2. The molecule has 0 spiro atoms. The number of imidazole rings is 1. The van der Waals surface area contributed by atoms with Gasteiger partial charge in [0.2, 0.25) is 59.1 Å². The quantitative estimate of drug-likeness (QED) is 0.0264. The zero-order chi connectivity index (χ0) is 60.5. The van der Waals surface area contributed by atoms with Gasteiger partial charge in [0.05, 0.1) is 50.8 Å². The number of carboxylic acid groups (broad SMARTS) is 2. The predicted molar refractivity (Wildman–Crippen MR) is 277 cm³/mol. The van der Waals surface area contributed by atoms with Crippen LogP contribution in [0.4, 0.5) is 0 Å². The lowest BCUT2D eigenvalue weighted by Gasteiger charge is -2.28. The van der Waals surface area contributed by atoms with Gasteiger partial charge in [0.15, 0.2) is 0 Å². The Hall–Kier alpha value is -9.11. The number of aliphatic hydroxyl groups is 4. The molecule has 1 heterocycles. The van der Waals surface area contributed by atoms with Gasteiger partial charge < -0.3 is 100 Å². The number of hydrogen-bond acceptors (Lipinski definition) is 19. The summed E-state index contributed by atoms with van der Waals surface area (Å²) in [7, 11) is 0. The maximum absolute atomic E-state index is 14.0. The molecular formula is C49H67N13O19. The standard InChI is InChI=1S/C49H67N13O19/c1-23(65)39(61-37(69)19-53-42(73)30(12-13-36(51)68)55-45(76)34(20-63)59-41(72)29(50)16-27-18-52-22-54-27)47(78)57-31(14-25-6-4-3-5-7-25)44(75)62-40(24(2)66)48(79)60-35(21-64)46(77)56-32(17-38(70)71)43(74)58-33(49(80)81)15-26-8-10-28(67)11-9-26/h3-11,18,22-24,29-35,39-40,63-67H,12-17,19-21,50H2,1-2H3,(H2,51,68)(H,52,54)(H,53,73)(H,55,76)(H,56,77)(H,57,78)(H,58,74)(H,59,72)(H,60,79)(H,61,69)(H,62,75)(H,70,71)(H,80,81)/t23-,24-,29+,30+,31+,32+,33+,34+,35+,39+,40+/m1/s1. The number of aromatic amines is 1. The molecule has 11 atom stereocenters. The first kappa shape index (κ1) is 66.2. The van der Waals surface area contributed by atoms with E-state index in [1.165, 1.54) is 36.8 Å². The van der Waals surface area contributed by atoms with Crippen LogP contribution in [0.25, 0.3) is 0 Å². The van der Waals surface area contributed by atoms with Crippen LogP contribution in [0, 0.1) is 0 Å². The van der Waals surface area contributed by atoms with Crippen molar-refractivity contribution >= 4 is 71.0 Å². The van der Waals surface area contributed by atoms with Crippen LogP contribution in [0.1, 0.15) is 49.9 Å². The van der Waals surface area contributed by atoms with Crippen molar-refractivity contribution in [1.82, 2.24) is 57.8 Å². The van der Waals surface area contributed by atoms with E-state index in [1.54, 1.807) is 30.3 Å². The average Bonchev–Trinajstić information content (AvgIpc) is 3.95. The summed E-state index contributed by atoms with van der Waals surface area (Å²) in [4.78, 5) is 162. The van der Waals surface area contributed by atoms with Gasteiger partial charge >= 0.3 is 11.9 Å². The van der Waals surface area contributed by atoms with Crippen LogP contribution in [0.3, 0.4) is 0 Å². The number of aromatic nitrogens is 2. The van der Waals surface area contributed by atoms with Gasteiger partial charge in [-0.25, -0.2) is 9.78 Å². The highest BCUT2D eigenvalue weighted by atomic mass is 16.4. The van der Waals surface area contributed by atoms with E-state index in [-0.39, 0.29) is 25.0 Å². The number of primary amides is 1. The number of nitrogens with two attached hydrogens (primary N) is 2. The number of nitrogens with zero attached hydrogens (tertiary/aromatic N) is 1. The molecule has 3 aromatic rings. The molecule has 0 aliphatic rings. The summed E-state index contributed by atoms with van der Waals surface area (Å²) in [5.41, 5.74) is 12.4. The SMILES string of the molecule is C[C@@H](O)[C@H](NC(=O)CNC(=O)[C@H](CCC(N)=O)NC(=O)[C@H](CO)NC(=O)[C@@H](N)Cc1cnc[nH]1)C(=O)N[C@@H](Cc1ccccc1)C(=O)N[C@H](C(=O)N[C@@H](CO)C(=O)N[C@@H](CC(=O)O)C(=O)N[C@@H](Cc1ccc(O)cc1)C(=O)O)[C@@H](C)O. The van der Waals surface area contributed by atoms with Crippen LogP contribution in [-0.2, 0) is 76.8 Å². The summed E-state index contributed by atoms with van der Waals surface area (Å²) in [6.45, 7) is -1.00. The van der Waals surface area contributed by atoms with Crippen molar-refractivity contribution < 1.29 is 93.3 Å². The molecule has 442 valence electrons. The van der Waals surface area contributed by atoms with Crippen LogP contribution in [0.5, 0.6) is 5.75 Å². The fraction of sp³-hybridized carbons (Fsp3) is 0.449. The largest absolute Gasteiger partial charge is 0.508 e. The highest BCUT2D eigenvalue weighted by Gasteiger charge is 2.37. The van der Waals surface area contributed by atoms with E-state index in [2.05, 4.69) is 52.5 Å². The number of carbonyl (C=O) groups is 12. The van der Waals surface area contributed by atoms with Crippen LogP contribution in [-0.4, -0.2) is 203 Å². The Kier molecular flexibility index (Phi) is 26.7. The molecule has 0 unspecified atom stereocenters. The molecule has 81 heavy (non-hydrogen) atoms. The smallest absolute Gasteiger partial charge is 0.326 e. The second-order valence-corrected chi connectivity index (χ2v) is 18.4. The first-order valence-corrected chi connectivity index (χ1v) is 24.8. The van der Waals surface area contributed by atoms with Crippen LogP contribution in [0.15, 0.2) is 67.1 Å². The molecule has 0 saturated heterocycles. The van der Waals surface area contributed by atoms with Gasteiger partial charge in [0.25, 0.3) is 0 Å². The fourth-order valence-electron chi connectivity index (χ4n) is 7.38. The third-order valence-electron chi connectivity index (χ3n) is 11.8. The van der Waals surface area contributed by atoms with E-state index in [9.17, 15) is 93.3 Å². The zero-order valence-electron chi connectivity index (χ0n) is 43.7. The number of carbonyl (C=O) groups excluding carboxylic acids is 10. The fourth-order valence-corrected chi connectivity index (χ4v) is 7.38. The summed E-state index contributed by atoms with van der Waals surface area (Å²) in [5.74, 6) is -14.8. The molecule has 21 N–H and O–H groups in total. The van der Waals surface area contributed by atoms with Gasteiger partial charge in [-0.2, -0.15) is 0 Å². The molecule has 32 heteroatoms. The Morgan fingerprint density at radius 2 is 1.05 bits per heavy atom. The molecule has 10 amide bonds. The van der Waals surface area contributed by atoms with Crippen molar-refractivity contribution in [3.8, 4) is 5.75 Å². The lowest BCUT2D eigenvalue weighted by atomic mass is 10.0. The van der Waals surface area contributed by atoms with E-state index < -0.39 is 177 Å². The number of phenolic OH excluding ortho intramolecular Hbond substituents is 1. The third kappa shape index (κ3) is 22.6. The van der Waals surface area contributed by atoms with Crippen molar-refractivity contribution in [2.24, 2.45) is 11.5 Å². The second-order valence-electron chi connectivity index (χ2n) is 18.4. The van der Waals surface area contributed by atoms with Gasteiger partial charge in [-0.3, -0.25) is 52.7 Å². The molecule has 0 bridgehead atoms. The molecule has 3 rings (SSSR count). The number of H-pyrrole nitrogens is 1. The van der Waals surface area contributed by atoms with Crippen LogP contribution < -0.4 is 59.3 Å². The zero-order valence-corrected chi connectivity index (χ0v) is 43.7. The molecule has 32 nitrogen and oxygen atoms in total. The lowest BCUT2D eigenvalue weighted by molar-refractivity contribution is -0.144. The summed E-state index contributed by atoms with van der Waals surface area (Å²) < 4.78 is 0. The number of hydrogen-bond donors (Lipinski definition) is 19. The Bertz CT molecular complexity index is 2660. The average molecular weight is 1140 g/mol. The molecule has 0 radical (unpaired) electrons. The minimum absolute atomic E-state index is 0.0235. The highest BCUT2D eigenvalue weighted by Crippen LogP contribution is 2.13. The summed E-state index contributed by atoms with van der Waals surface area (Å²) in [6, 6.07) is -2.55. The summed E-state index contributed by atoms with van der Waals surface area (Å²) in [5, 5.41) is 89.8. The van der Waals surface area contributed by atoms with Crippen molar-refractivity contribution in [2.45, 2.75) is 119 Å². The number of aliphatic hydroxyl groups excluding tert-OH is 4. The molecule has 0 saturated carbocycles. The van der Waals surface area contributed by atoms with Crippen molar-refractivity contribution in [1.29, 1.82) is 0 Å². The first-order valence-electron chi connectivity index (χ1n) is 24.8. The van der Waals surface area contributed by atoms with Gasteiger partial charge in [0, 0.05) is 37.6 Å². The van der Waals surface area contributed by atoms with Crippen molar-refractivity contribution in [3.63, 3.8) is 0 Å². The Morgan fingerprint density at radius 3 is 1.57 bits per heavy atom. The van der Waals surface area contributed by atoms with Gasteiger partial charge in [-0.05, 0) is 43.5 Å². The number of benzene rings is 2. The van der Waals surface area contributed by atoms with Crippen LogP contribution >= 0.6 is 0 Å².